The van der Waals surface area contributed by atoms with Crippen molar-refractivity contribution in [1.29, 1.82) is 0 Å². The Balaban J connectivity index is 2.73. The predicted octanol–water partition coefficient (Wildman–Crippen LogP) is 3.07. The number of thiol groups is 1. The molecular formula is C10H12F2S. The van der Waals surface area contributed by atoms with Crippen LogP contribution in [0.2, 0.25) is 0 Å². The normalized spacial score (nSPS) is 12.9. The van der Waals surface area contributed by atoms with Crippen LogP contribution >= 0.6 is 12.6 Å². The number of hydrogen-bond donors (Lipinski definition) is 1. The average molecular weight is 202 g/mol. The minimum atomic E-state index is -0.790. The second-order valence-corrected chi connectivity index (χ2v) is 3.61. The van der Waals surface area contributed by atoms with Gasteiger partial charge in [0.15, 0.2) is 11.6 Å². The van der Waals surface area contributed by atoms with Crippen LogP contribution in [0.15, 0.2) is 18.2 Å². The molecule has 0 bridgehead atoms. The van der Waals surface area contributed by atoms with E-state index in [1.807, 2.05) is 6.92 Å². The van der Waals surface area contributed by atoms with E-state index in [0.29, 0.717) is 5.92 Å². The molecule has 1 unspecified atom stereocenters. The quantitative estimate of drug-likeness (QED) is 0.715. The van der Waals surface area contributed by atoms with Crippen molar-refractivity contribution >= 4 is 12.6 Å². The first kappa shape index (κ1) is 10.5. The van der Waals surface area contributed by atoms with E-state index in [2.05, 4.69) is 12.6 Å². The van der Waals surface area contributed by atoms with Crippen LogP contribution in [-0.4, -0.2) is 5.75 Å². The molecule has 0 aliphatic rings. The lowest BCUT2D eigenvalue weighted by molar-refractivity contribution is 0.505. The highest BCUT2D eigenvalue weighted by Gasteiger charge is 2.05. The zero-order valence-corrected chi connectivity index (χ0v) is 8.32. The average Bonchev–Trinajstić information content (AvgIpc) is 2.11. The molecule has 0 saturated carbocycles. The van der Waals surface area contributed by atoms with Crippen LogP contribution in [0.3, 0.4) is 0 Å². The molecule has 0 amide bonds. The van der Waals surface area contributed by atoms with Crippen molar-refractivity contribution in [2.24, 2.45) is 5.92 Å². The van der Waals surface area contributed by atoms with Crippen molar-refractivity contribution in [2.45, 2.75) is 13.3 Å². The van der Waals surface area contributed by atoms with E-state index in [1.54, 1.807) is 6.07 Å². The second-order valence-electron chi connectivity index (χ2n) is 3.24. The molecule has 0 radical (unpaired) electrons. The largest absolute Gasteiger partial charge is 0.204 e. The van der Waals surface area contributed by atoms with Crippen molar-refractivity contribution in [3.05, 3.63) is 35.4 Å². The summed E-state index contributed by atoms with van der Waals surface area (Å²) in [5, 5.41) is 0. The summed E-state index contributed by atoms with van der Waals surface area (Å²) in [4.78, 5) is 0. The molecule has 1 atom stereocenters. The van der Waals surface area contributed by atoms with E-state index < -0.39 is 11.6 Å². The highest BCUT2D eigenvalue weighted by molar-refractivity contribution is 7.80. The maximum absolute atomic E-state index is 12.7. The summed E-state index contributed by atoms with van der Waals surface area (Å²) >= 11 is 4.12. The topological polar surface area (TPSA) is 0 Å². The number of halogens is 2. The van der Waals surface area contributed by atoms with Gasteiger partial charge in [-0.1, -0.05) is 13.0 Å². The Morgan fingerprint density at radius 3 is 2.54 bits per heavy atom. The molecule has 0 nitrogen and oxygen atoms in total. The summed E-state index contributed by atoms with van der Waals surface area (Å²) in [6.07, 6.45) is 0.737. The fraction of sp³-hybridized carbons (Fsp3) is 0.400. The van der Waals surface area contributed by atoms with E-state index in [1.165, 1.54) is 6.07 Å². The molecule has 0 fully saturated rings. The van der Waals surface area contributed by atoms with Gasteiger partial charge in [0.25, 0.3) is 0 Å². The molecule has 3 heteroatoms. The van der Waals surface area contributed by atoms with Crippen LogP contribution in [0.1, 0.15) is 12.5 Å². The van der Waals surface area contributed by atoms with Crippen LogP contribution in [-0.2, 0) is 6.42 Å². The number of benzene rings is 1. The fourth-order valence-corrected chi connectivity index (χ4v) is 1.26. The summed E-state index contributed by atoms with van der Waals surface area (Å²) in [5.74, 6) is -0.432. The Bertz CT molecular complexity index is 286. The SMILES string of the molecule is CC(CS)Cc1ccc(F)c(F)c1. The third-order valence-electron chi connectivity index (χ3n) is 1.88. The van der Waals surface area contributed by atoms with Crippen molar-refractivity contribution in [1.82, 2.24) is 0 Å². The zero-order valence-electron chi connectivity index (χ0n) is 7.43. The fourth-order valence-electron chi connectivity index (χ4n) is 1.13. The molecule has 13 heavy (non-hydrogen) atoms. The standard InChI is InChI=1S/C10H12F2S/c1-7(6-13)4-8-2-3-9(11)10(12)5-8/h2-3,5,7,13H,4,6H2,1H3. The highest BCUT2D eigenvalue weighted by atomic mass is 32.1. The first-order valence-corrected chi connectivity index (χ1v) is 4.81. The maximum Gasteiger partial charge on any atom is 0.159 e. The predicted molar refractivity (Wildman–Crippen MR) is 53.1 cm³/mol. The van der Waals surface area contributed by atoms with Crippen molar-refractivity contribution in [3.63, 3.8) is 0 Å². The summed E-state index contributed by atoms with van der Waals surface area (Å²) in [7, 11) is 0. The van der Waals surface area contributed by atoms with Gasteiger partial charge < -0.3 is 0 Å². The molecule has 1 aromatic carbocycles. The number of rotatable bonds is 3. The summed E-state index contributed by atoms with van der Waals surface area (Å²) in [6.45, 7) is 2.02. The Hall–Kier alpha value is -0.570. The monoisotopic (exact) mass is 202 g/mol. The molecule has 72 valence electrons. The van der Waals surface area contributed by atoms with Gasteiger partial charge >= 0.3 is 0 Å². The summed E-state index contributed by atoms with van der Waals surface area (Å²) < 4.78 is 25.3. The van der Waals surface area contributed by atoms with E-state index in [-0.39, 0.29) is 0 Å². The van der Waals surface area contributed by atoms with E-state index in [4.69, 9.17) is 0 Å². The molecule has 0 N–H and O–H groups in total. The van der Waals surface area contributed by atoms with Crippen LogP contribution in [0.25, 0.3) is 0 Å². The zero-order chi connectivity index (χ0) is 9.84. The van der Waals surface area contributed by atoms with Gasteiger partial charge in [-0.2, -0.15) is 12.6 Å². The lowest BCUT2D eigenvalue weighted by atomic mass is 10.0. The van der Waals surface area contributed by atoms with Gasteiger partial charge in [0, 0.05) is 0 Å². The van der Waals surface area contributed by atoms with E-state index >= 15 is 0 Å². The Labute approximate surface area is 82.4 Å². The first-order chi connectivity index (χ1) is 6.13. The smallest absolute Gasteiger partial charge is 0.159 e. The molecular weight excluding hydrogens is 190 g/mol. The van der Waals surface area contributed by atoms with Gasteiger partial charge in [-0.3, -0.25) is 0 Å². The number of hydrogen-bond acceptors (Lipinski definition) is 1. The van der Waals surface area contributed by atoms with Gasteiger partial charge in [-0.05, 0) is 35.8 Å². The third kappa shape index (κ3) is 2.99. The maximum atomic E-state index is 12.7. The third-order valence-corrected chi connectivity index (χ3v) is 2.50. The van der Waals surface area contributed by atoms with Crippen LogP contribution in [0.5, 0.6) is 0 Å². The van der Waals surface area contributed by atoms with E-state index in [0.717, 1.165) is 23.8 Å². The van der Waals surface area contributed by atoms with E-state index in [9.17, 15) is 8.78 Å². The van der Waals surface area contributed by atoms with Gasteiger partial charge in [-0.15, -0.1) is 0 Å². The van der Waals surface area contributed by atoms with Crippen LogP contribution in [0, 0.1) is 17.6 Å². The molecule has 1 rings (SSSR count). The second kappa shape index (κ2) is 4.61. The Kier molecular flexibility index (Phi) is 3.72. The highest BCUT2D eigenvalue weighted by Crippen LogP contribution is 2.13. The first-order valence-electron chi connectivity index (χ1n) is 4.18. The van der Waals surface area contributed by atoms with Gasteiger partial charge in [0.1, 0.15) is 0 Å². The molecule has 0 heterocycles. The molecule has 0 aliphatic carbocycles. The summed E-state index contributed by atoms with van der Waals surface area (Å²) in [5.41, 5.74) is 0.820. The van der Waals surface area contributed by atoms with Crippen LogP contribution < -0.4 is 0 Å². The molecule has 0 aromatic heterocycles. The Morgan fingerprint density at radius 1 is 1.31 bits per heavy atom. The lowest BCUT2D eigenvalue weighted by Gasteiger charge is -2.07. The van der Waals surface area contributed by atoms with Gasteiger partial charge in [0.05, 0.1) is 0 Å². The minimum Gasteiger partial charge on any atom is -0.204 e. The van der Waals surface area contributed by atoms with Crippen LogP contribution in [0.4, 0.5) is 8.78 Å². The molecule has 1 aromatic rings. The minimum absolute atomic E-state index is 0.383. The lowest BCUT2D eigenvalue weighted by Crippen LogP contribution is -2.01. The van der Waals surface area contributed by atoms with Crippen molar-refractivity contribution in [2.75, 3.05) is 5.75 Å². The molecule has 0 saturated heterocycles. The van der Waals surface area contributed by atoms with Gasteiger partial charge in [0.2, 0.25) is 0 Å². The Morgan fingerprint density at radius 2 is 2.00 bits per heavy atom. The molecule has 0 spiro atoms. The molecule has 0 aliphatic heterocycles. The van der Waals surface area contributed by atoms with Gasteiger partial charge in [-0.25, -0.2) is 8.78 Å². The summed E-state index contributed by atoms with van der Waals surface area (Å²) in [6, 6.07) is 4.02. The van der Waals surface area contributed by atoms with Crippen molar-refractivity contribution in [3.8, 4) is 0 Å². The van der Waals surface area contributed by atoms with Crippen molar-refractivity contribution < 1.29 is 8.78 Å².